The molecule has 0 radical (unpaired) electrons. The lowest BCUT2D eigenvalue weighted by atomic mass is 9.73. The van der Waals surface area contributed by atoms with Crippen LogP contribution >= 0.6 is 11.3 Å². The van der Waals surface area contributed by atoms with Crippen molar-refractivity contribution in [2.75, 3.05) is 52.3 Å². The molecule has 0 bridgehead atoms. The number of benzene rings is 3. The number of aromatic nitrogens is 1. The molecule has 1 N–H and O–H groups in total. The number of para-hydroxylation sites is 2. The van der Waals surface area contributed by atoms with E-state index in [2.05, 4.69) is 15.2 Å². The van der Waals surface area contributed by atoms with Crippen molar-refractivity contribution in [2.24, 2.45) is 5.41 Å². The van der Waals surface area contributed by atoms with E-state index in [1.165, 1.54) is 21.7 Å². The molecule has 266 valence electrons. The van der Waals surface area contributed by atoms with Gasteiger partial charge in [-0.05, 0) is 91.9 Å². The smallest absolute Gasteiger partial charge is 0.265 e. The number of aryl methyl sites for hydroxylation is 1. The van der Waals surface area contributed by atoms with Crippen LogP contribution in [0.2, 0.25) is 0 Å². The molecule has 13 heteroatoms. The number of nitrogens with one attached hydrogen (secondary N) is 1. The molecule has 10 nitrogen and oxygen atoms in total. The van der Waals surface area contributed by atoms with E-state index in [4.69, 9.17) is 4.74 Å². The lowest BCUT2D eigenvalue weighted by molar-refractivity contribution is -0.000411. The number of thiophene rings is 1. The summed E-state index contributed by atoms with van der Waals surface area (Å²) in [7, 11) is -3.08. The number of carbonyl (C=O) groups is 2. The van der Waals surface area contributed by atoms with Crippen LogP contribution in [0, 0.1) is 18.2 Å². The number of anilines is 5. The van der Waals surface area contributed by atoms with Gasteiger partial charge in [-0.15, -0.1) is 11.3 Å². The topological polar surface area (TPSA) is 112 Å². The quantitative estimate of drug-likeness (QED) is 0.173. The Kier molecular flexibility index (Phi) is 9.02. The van der Waals surface area contributed by atoms with E-state index in [1.54, 1.807) is 66.6 Å². The minimum Gasteiger partial charge on any atom is -0.381 e. The van der Waals surface area contributed by atoms with Gasteiger partial charge in [-0.25, -0.2) is 22.1 Å². The maximum Gasteiger partial charge on any atom is 0.265 e. The zero-order chi connectivity index (χ0) is 36.0. The summed E-state index contributed by atoms with van der Waals surface area (Å²) < 4.78 is 46.8. The third-order valence-electron chi connectivity index (χ3n) is 10.2. The van der Waals surface area contributed by atoms with Crippen molar-refractivity contribution in [1.82, 2.24) is 4.98 Å². The Balaban J connectivity index is 1.03. The van der Waals surface area contributed by atoms with Crippen molar-refractivity contribution in [3.05, 3.63) is 119 Å². The Morgan fingerprint density at radius 2 is 1.75 bits per heavy atom. The molecule has 3 aliphatic heterocycles. The molecule has 52 heavy (non-hydrogen) atoms. The van der Waals surface area contributed by atoms with Gasteiger partial charge in [-0.1, -0.05) is 30.3 Å². The van der Waals surface area contributed by atoms with Gasteiger partial charge in [0.15, 0.2) is 5.82 Å². The first-order chi connectivity index (χ1) is 25.2. The summed E-state index contributed by atoms with van der Waals surface area (Å²) in [6.45, 7) is 5.16. The minimum absolute atomic E-state index is 0.157. The second kappa shape index (κ2) is 13.8. The second-order valence-electron chi connectivity index (χ2n) is 13.5. The molecule has 0 saturated carbocycles. The maximum atomic E-state index is 14.5. The van der Waals surface area contributed by atoms with Gasteiger partial charge in [0.2, 0.25) is 10.9 Å². The van der Waals surface area contributed by atoms with Gasteiger partial charge >= 0.3 is 0 Å². The first kappa shape index (κ1) is 34.0. The number of carbonyl (C=O) groups excluding carboxylic acids is 2. The van der Waals surface area contributed by atoms with Crippen molar-refractivity contribution in [2.45, 2.75) is 26.2 Å². The number of fused-ring (bicyclic) bond motifs is 3. The molecule has 5 aromatic rings. The third-order valence-corrected chi connectivity index (χ3v) is 12.2. The average molecular weight is 738 g/mol. The van der Waals surface area contributed by atoms with E-state index in [0.29, 0.717) is 51.8 Å². The van der Waals surface area contributed by atoms with Crippen LogP contribution in [0.3, 0.4) is 0 Å². The first-order valence-corrected chi connectivity index (χ1v) is 19.1. The van der Waals surface area contributed by atoms with Crippen molar-refractivity contribution in [3.63, 3.8) is 0 Å². The highest BCUT2D eigenvalue weighted by Gasteiger charge is 2.45. The summed E-state index contributed by atoms with van der Waals surface area (Å²) in [5.41, 5.74) is 4.67. The molecule has 2 amide bonds. The zero-order valence-corrected chi connectivity index (χ0v) is 30.1. The summed E-state index contributed by atoms with van der Waals surface area (Å²) >= 11 is 1.31. The molecule has 1 spiro atoms. The van der Waals surface area contributed by atoms with Crippen molar-refractivity contribution >= 4 is 62.6 Å². The van der Waals surface area contributed by atoms with Crippen molar-refractivity contribution < 1.29 is 27.1 Å². The predicted molar refractivity (Wildman–Crippen MR) is 202 cm³/mol. The molecule has 5 heterocycles. The number of hydrogen-bond donors (Lipinski definition) is 2. The fourth-order valence-electron chi connectivity index (χ4n) is 7.44. The Labute approximate surface area is 306 Å². The van der Waals surface area contributed by atoms with Gasteiger partial charge in [-0.3, -0.25) is 9.59 Å². The Bertz CT molecular complexity index is 2230. The van der Waals surface area contributed by atoms with E-state index in [0.717, 1.165) is 55.1 Å². The standard InChI is InChI=1S/C39H36FN5O5S2/c1-25-6-4-8-30(40)34(25)42-37(46)33-22-27-15-19-44(31-9-3-2-7-29(31)35(27)51-33)38(47)26-11-13-28(14-12-26)45(52(48)49)32-10-5-18-41-36(32)43-23-39(24-43)16-20-50-21-17-39/h2-14,18,22,52H,15-17,19-21,23-24H2,1H3,(H,42,46). The lowest BCUT2D eigenvalue weighted by Gasteiger charge is -2.53. The summed E-state index contributed by atoms with van der Waals surface area (Å²) in [5.74, 6) is -0.511. The number of hydrogen-bond acceptors (Lipinski definition) is 8. The van der Waals surface area contributed by atoms with Crippen LogP contribution in [0.25, 0.3) is 10.4 Å². The van der Waals surface area contributed by atoms with Gasteiger partial charge in [0.25, 0.3) is 11.8 Å². The van der Waals surface area contributed by atoms with Gasteiger partial charge in [0, 0.05) is 60.5 Å². The van der Waals surface area contributed by atoms with Crippen molar-refractivity contribution in [3.8, 4) is 10.4 Å². The minimum atomic E-state index is -3.08. The second-order valence-corrected chi connectivity index (χ2v) is 15.4. The van der Waals surface area contributed by atoms with Crippen LogP contribution < -0.4 is 19.4 Å². The summed E-state index contributed by atoms with van der Waals surface area (Å²) in [5, 5.41) is 2.73. The van der Waals surface area contributed by atoms with Crippen molar-refractivity contribution in [1.29, 1.82) is 0 Å². The van der Waals surface area contributed by atoms with E-state index >= 15 is 0 Å². The molecule has 3 aliphatic rings. The number of thiol groups is 1. The SMILES string of the molecule is Cc1cccc(F)c1NC(=O)c1cc2c(s1)-c1ccccc1N(C(=O)c1ccc(N(c3cccnc3N3CC4(CCOCC4)C3)[SH](=O)=O)cc1)CC2. The molecule has 0 unspecified atom stereocenters. The maximum absolute atomic E-state index is 14.5. The van der Waals surface area contributed by atoms with Gasteiger partial charge in [0.05, 0.1) is 27.6 Å². The van der Waals surface area contributed by atoms with E-state index < -0.39 is 22.6 Å². The van der Waals surface area contributed by atoms with Crippen LogP contribution in [-0.4, -0.2) is 58.1 Å². The molecule has 0 aliphatic carbocycles. The van der Waals surface area contributed by atoms with Gasteiger partial charge < -0.3 is 19.9 Å². The van der Waals surface area contributed by atoms with Crippen LogP contribution in [0.5, 0.6) is 0 Å². The fraction of sp³-hybridized carbons (Fsp3) is 0.256. The van der Waals surface area contributed by atoms with Crippen LogP contribution in [0.15, 0.2) is 91.1 Å². The summed E-state index contributed by atoms with van der Waals surface area (Å²) in [6, 6.07) is 24.1. The average Bonchev–Trinajstić information content (AvgIpc) is 3.51. The number of rotatable bonds is 7. The normalized spacial score (nSPS) is 16.1. The van der Waals surface area contributed by atoms with E-state index in [9.17, 15) is 22.4 Å². The van der Waals surface area contributed by atoms with Gasteiger partial charge in [-0.2, -0.15) is 0 Å². The molecule has 2 saturated heterocycles. The summed E-state index contributed by atoms with van der Waals surface area (Å²) in [6.07, 6.45) is 4.12. The number of amides is 2. The number of nitrogens with zero attached hydrogens (tertiary/aromatic N) is 4. The predicted octanol–water partition coefficient (Wildman–Crippen LogP) is 6.99. The fourth-order valence-corrected chi connectivity index (χ4v) is 9.23. The Hall–Kier alpha value is -5.11. The first-order valence-electron chi connectivity index (χ1n) is 17.1. The van der Waals surface area contributed by atoms with Gasteiger partial charge in [0.1, 0.15) is 5.82 Å². The van der Waals surface area contributed by atoms with E-state index in [-0.39, 0.29) is 17.0 Å². The molecule has 3 aromatic carbocycles. The molecular weight excluding hydrogens is 702 g/mol. The summed E-state index contributed by atoms with van der Waals surface area (Å²) in [4.78, 5) is 37.1. The monoisotopic (exact) mass is 737 g/mol. The highest BCUT2D eigenvalue weighted by molar-refractivity contribution is 7.74. The highest BCUT2D eigenvalue weighted by atomic mass is 32.2. The lowest BCUT2D eigenvalue weighted by Crippen LogP contribution is -2.59. The molecule has 8 rings (SSSR count). The molecule has 2 fully saturated rings. The number of ether oxygens (including phenoxy) is 1. The molecular formula is C39H36FN5O5S2. The number of halogens is 1. The number of pyridine rings is 1. The Morgan fingerprint density at radius 1 is 0.981 bits per heavy atom. The third kappa shape index (κ3) is 6.22. The molecule has 0 atom stereocenters. The van der Waals surface area contributed by atoms with Crippen LogP contribution in [0.4, 0.5) is 33.0 Å². The van der Waals surface area contributed by atoms with Crippen LogP contribution in [0.1, 0.15) is 44.0 Å². The highest BCUT2D eigenvalue weighted by Crippen LogP contribution is 2.45. The Morgan fingerprint density at radius 3 is 2.50 bits per heavy atom. The largest absolute Gasteiger partial charge is 0.381 e. The van der Waals surface area contributed by atoms with E-state index in [1.807, 2.05) is 30.3 Å². The zero-order valence-electron chi connectivity index (χ0n) is 28.4. The molecule has 2 aromatic heterocycles. The van der Waals surface area contributed by atoms with Crippen LogP contribution in [-0.2, 0) is 22.0 Å².